The minimum Gasteiger partial charge on any atom is -0.333 e. The number of allylic oxidation sites excluding steroid dienone is 4. The molecule has 10 heteroatoms. The molecule has 0 aromatic carbocycles. The fraction of sp³-hybridized carbons (Fsp3) is 0.886. The highest BCUT2D eigenvalue weighted by molar-refractivity contribution is 7.88. The highest BCUT2D eigenvalue weighted by Gasteiger charge is 2.00. The largest absolute Gasteiger partial charge is 0.333 e. The van der Waals surface area contributed by atoms with Gasteiger partial charge in [-0.3, -0.25) is 4.57 Å². The van der Waals surface area contributed by atoms with Crippen molar-refractivity contribution in [1.82, 2.24) is 15.1 Å². The second-order valence-corrected chi connectivity index (χ2v) is 8.49. The normalized spacial score (nSPS) is 8.40. The van der Waals surface area contributed by atoms with E-state index in [0.29, 0.717) is 0 Å². The Hall–Kier alpha value is -0.570. The first-order valence-corrected chi connectivity index (χ1v) is 21.6. The van der Waals surface area contributed by atoms with Gasteiger partial charge in [-0.15, -0.1) is 0 Å². The molecule has 0 amide bonds. The van der Waals surface area contributed by atoms with E-state index in [1.54, 1.807) is 6.92 Å². The van der Waals surface area contributed by atoms with Crippen LogP contribution in [0.15, 0.2) is 24.1 Å². The van der Waals surface area contributed by atoms with E-state index in [9.17, 15) is 17.4 Å². The van der Waals surface area contributed by atoms with Gasteiger partial charge in [0.1, 0.15) is 0 Å². The quantitative estimate of drug-likeness (QED) is 0.172. The van der Waals surface area contributed by atoms with Gasteiger partial charge < -0.3 is 10.2 Å². The van der Waals surface area contributed by atoms with Gasteiger partial charge in [-0.05, 0) is 55.4 Å². The van der Waals surface area contributed by atoms with Crippen LogP contribution in [0.4, 0.5) is 4.39 Å². The SMILES string of the molecule is C/C=C(/C)F.C/C=C/C.CC.CC.CC.CC.CC.CC.CC.CC.CC.CC.CCNC.CNP(C)(=O)O.CNS(C)(=O)=O. The molecule has 0 aliphatic rings. The highest BCUT2D eigenvalue weighted by atomic mass is 32.2. The van der Waals surface area contributed by atoms with Gasteiger partial charge in [0.2, 0.25) is 10.0 Å². The maximum atomic E-state index is 11.3. The van der Waals surface area contributed by atoms with Crippen molar-refractivity contribution in [1.29, 1.82) is 0 Å². The second kappa shape index (κ2) is 170. The van der Waals surface area contributed by atoms with E-state index in [-0.39, 0.29) is 5.83 Å². The minimum absolute atomic E-state index is 0.120. The molecule has 0 saturated heterocycles. The summed E-state index contributed by atoms with van der Waals surface area (Å²) in [6.45, 7) is 51.5. The number of rotatable bonds is 3. The van der Waals surface area contributed by atoms with Crippen molar-refractivity contribution in [3.8, 4) is 0 Å². The molecule has 0 fully saturated rings. The Kier molecular flexibility index (Phi) is 366. The molecule has 0 radical (unpaired) electrons. The van der Waals surface area contributed by atoms with E-state index < -0.39 is 17.5 Å². The summed E-state index contributed by atoms with van der Waals surface area (Å²) in [6.07, 6.45) is 6.52. The van der Waals surface area contributed by atoms with Gasteiger partial charge in [0.05, 0.1) is 12.1 Å². The molecule has 0 bridgehead atoms. The molecule has 1 unspecified atom stereocenters. The summed E-state index contributed by atoms with van der Waals surface area (Å²) in [7, 11) is -1.06. The predicted octanol–water partition coefficient (Wildman–Crippen LogP) is 13.1. The van der Waals surface area contributed by atoms with Crippen LogP contribution in [0.3, 0.4) is 0 Å². The Morgan fingerprint density at radius 1 is 0.667 bits per heavy atom. The van der Waals surface area contributed by atoms with Crippen molar-refractivity contribution in [2.75, 3.05) is 40.6 Å². The molecule has 0 spiro atoms. The van der Waals surface area contributed by atoms with Crippen LogP contribution in [0.5, 0.6) is 0 Å². The zero-order chi connectivity index (χ0) is 41.5. The first kappa shape index (κ1) is 96.8. The van der Waals surface area contributed by atoms with E-state index in [1.165, 1.54) is 33.8 Å². The van der Waals surface area contributed by atoms with Gasteiger partial charge in [-0.1, -0.05) is 164 Å². The molecule has 296 valence electrons. The van der Waals surface area contributed by atoms with Crippen LogP contribution in [-0.2, 0) is 14.6 Å². The summed E-state index contributed by atoms with van der Waals surface area (Å²) in [5, 5.41) is 5.15. The fourth-order valence-corrected chi connectivity index (χ4v) is 0. The molecular weight excluding hydrogens is 608 g/mol. The number of halogens is 1. The smallest absolute Gasteiger partial charge is 0.263 e. The van der Waals surface area contributed by atoms with E-state index >= 15 is 0 Å². The average Bonchev–Trinajstić information content (AvgIpc) is 3.13. The Morgan fingerprint density at radius 2 is 0.778 bits per heavy atom. The number of hydrogen-bond acceptors (Lipinski definition) is 4. The van der Waals surface area contributed by atoms with Crippen LogP contribution in [0.2, 0.25) is 0 Å². The molecule has 45 heavy (non-hydrogen) atoms. The van der Waals surface area contributed by atoms with Gasteiger partial charge >= 0.3 is 0 Å². The maximum Gasteiger partial charge on any atom is 0.263 e. The van der Waals surface area contributed by atoms with E-state index in [1.807, 2.05) is 172 Å². The number of hydrogen-bond donors (Lipinski definition) is 4. The Bertz CT molecular complexity index is 450. The summed E-state index contributed by atoms with van der Waals surface area (Å²) >= 11 is 0. The summed E-state index contributed by atoms with van der Waals surface area (Å²) < 4.78 is 43.2. The third-order valence-electron chi connectivity index (χ3n) is 1.87. The molecule has 0 saturated carbocycles. The fourth-order valence-electron chi connectivity index (χ4n) is 0. The summed E-state index contributed by atoms with van der Waals surface area (Å²) in [5.74, 6) is -0.120. The van der Waals surface area contributed by atoms with Crippen LogP contribution < -0.4 is 15.1 Å². The third-order valence-corrected chi connectivity index (χ3v) is 3.44. The van der Waals surface area contributed by atoms with Crippen molar-refractivity contribution in [3.63, 3.8) is 0 Å². The zero-order valence-corrected chi connectivity index (χ0v) is 39.1. The molecule has 4 N–H and O–H groups in total. The lowest BCUT2D eigenvalue weighted by atomic mass is 10.6. The summed E-state index contributed by atoms with van der Waals surface area (Å²) in [6, 6.07) is 0. The molecule has 0 rings (SSSR count). The van der Waals surface area contributed by atoms with Gasteiger partial charge in [0.15, 0.2) is 0 Å². The monoisotopic (exact) mass is 708 g/mol. The predicted molar refractivity (Wildman–Crippen MR) is 223 cm³/mol. The minimum atomic E-state index is -2.91. The van der Waals surface area contributed by atoms with Crippen molar-refractivity contribution >= 4 is 17.5 Å². The lowest BCUT2D eigenvalue weighted by molar-refractivity contribution is 0.476. The molecule has 0 heterocycles. The van der Waals surface area contributed by atoms with E-state index in [4.69, 9.17) is 4.89 Å². The van der Waals surface area contributed by atoms with Crippen molar-refractivity contribution in [3.05, 3.63) is 24.1 Å². The summed E-state index contributed by atoms with van der Waals surface area (Å²) in [4.78, 5) is 8.27. The van der Waals surface area contributed by atoms with Crippen LogP contribution in [0, 0.1) is 0 Å². The first-order chi connectivity index (χ1) is 21.2. The van der Waals surface area contributed by atoms with Gasteiger partial charge in [0, 0.05) is 6.66 Å². The molecule has 0 aliphatic heterocycles. The number of sulfonamides is 1. The molecule has 7 nitrogen and oxygen atoms in total. The van der Waals surface area contributed by atoms with E-state index in [2.05, 4.69) is 22.0 Å². The molecule has 1 atom stereocenters. The van der Waals surface area contributed by atoms with Gasteiger partial charge in [-0.25, -0.2) is 22.6 Å². The lowest BCUT2D eigenvalue weighted by Gasteiger charge is -1.97. The molecule has 0 aliphatic carbocycles. The van der Waals surface area contributed by atoms with Gasteiger partial charge in [0.25, 0.3) is 7.52 Å². The van der Waals surface area contributed by atoms with Crippen LogP contribution in [-0.4, -0.2) is 53.9 Å². The van der Waals surface area contributed by atoms with Crippen LogP contribution in [0.25, 0.3) is 0 Å². The topological polar surface area (TPSA) is 108 Å². The van der Waals surface area contributed by atoms with Gasteiger partial charge in [-0.2, -0.15) is 0 Å². The first-order valence-electron chi connectivity index (χ1n) is 17.6. The Balaban J connectivity index is -0.0000000170. The number of nitrogens with one attached hydrogen (secondary N) is 3. The Morgan fingerprint density at radius 3 is 0.778 bits per heavy atom. The lowest BCUT2D eigenvalue weighted by Crippen LogP contribution is -2.15. The molecule has 0 aromatic rings. The highest BCUT2D eigenvalue weighted by Crippen LogP contribution is 2.26. The molecule has 0 aromatic heterocycles. The average molecular weight is 708 g/mol. The van der Waals surface area contributed by atoms with Crippen LogP contribution >= 0.6 is 7.52 Å². The molecular formula is C35H99FN3O4PS. The van der Waals surface area contributed by atoms with E-state index in [0.717, 1.165) is 12.8 Å². The van der Waals surface area contributed by atoms with Crippen molar-refractivity contribution in [2.24, 2.45) is 0 Å². The zero-order valence-electron chi connectivity index (χ0n) is 37.3. The maximum absolute atomic E-state index is 11.3. The van der Waals surface area contributed by atoms with Crippen LogP contribution in [0.1, 0.15) is 173 Å². The van der Waals surface area contributed by atoms with Crippen molar-refractivity contribution in [2.45, 2.75) is 173 Å². The van der Waals surface area contributed by atoms with Crippen molar-refractivity contribution < 1.29 is 22.3 Å². The second-order valence-electron chi connectivity index (χ2n) is 4.33. The summed E-state index contributed by atoms with van der Waals surface area (Å²) in [5.41, 5.74) is 0. The Labute approximate surface area is 292 Å². The standard InChI is InChI=1S/C4H7F.C4H8.C3H9N.C2H8NO2P.C2H7NO2S.10C2H6/c1-3-4(2)5;2*1-3-4-2;2*1-3-6(2,4)5;10*1-2/h3H,1-2H3;3-4H,1-2H3;4H,3H2,1-2H3;1-2H3,(H2,3,4,5);3H,1-2H3;10*1-2H3/b4-3-;4-3+;;;;;;;;;;;;;. The third kappa shape index (κ3) is 838.